The minimum atomic E-state index is -1.35. The van der Waals surface area contributed by atoms with Crippen molar-refractivity contribution in [2.24, 2.45) is 0 Å². The molecule has 1 aliphatic heterocycles. The molecule has 1 aromatic heterocycles. The van der Waals surface area contributed by atoms with E-state index in [1.54, 1.807) is 34.9 Å². The van der Waals surface area contributed by atoms with Gasteiger partial charge in [-0.15, -0.1) is 0 Å². The molecule has 1 amide bonds. The predicted molar refractivity (Wildman–Crippen MR) is 139 cm³/mol. The lowest BCUT2D eigenvalue weighted by molar-refractivity contribution is -0.120. The number of piperazine rings is 1. The van der Waals surface area contributed by atoms with Gasteiger partial charge in [-0.05, 0) is 57.2 Å². The van der Waals surface area contributed by atoms with Crippen molar-refractivity contribution in [1.82, 2.24) is 9.47 Å². The lowest BCUT2D eigenvalue weighted by Gasteiger charge is -2.38. The van der Waals surface area contributed by atoms with E-state index in [1.165, 1.54) is 13.1 Å². The van der Waals surface area contributed by atoms with Gasteiger partial charge in [0.15, 0.2) is 5.78 Å². The zero-order valence-electron chi connectivity index (χ0n) is 21.0. The summed E-state index contributed by atoms with van der Waals surface area (Å²) in [6, 6.07) is 9.01. The first-order chi connectivity index (χ1) is 17.6. The van der Waals surface area contributed by atoms with Gasteiger partial charge < -0.3 is 19.9 Å². The van der Waals surface area contributed by atoms with E-state index in [0.717, 1.165) is 6.07 Å². The smallest absolute Gasteiger partial charge is 0.341 e. The van der Waals surface area contributed by atoms with Crippen LogP contribution >= 0.6 is 0 Å². The largest absolute Gasteiger partial charge is 0.477 e. The van der Waals surface area contributed by atoms with E-state index in [4.69, 9.17) is 0 Å². The molecule has 1 atom stereocenters. The standard InChI is InChI=1S/C27H29FN4O5/c1-4-30-15-21(27(36)37)25(34)20-13-22(28)24(14-23(20)30)32-11-9-31(10-12-32)16(2)26(35)29-19-7-5-18(6-8-19)17(3)33/h5-8,13-16H,4,9-12H2,1-3H3,(H,29,35)(H,36,37). The molecule has 37 heavy (non-hydrogen) atoms. The summed E-state index contributed by atoms with van der Waals surface area (Å²) in [4.78, 5) is 52.2. The molecular formula is C27H29FN4O5. The van der Waals surface area contributed by atoms with Gasteiger partial charge in [-0.2, -0.15) is 0 Å². The van der Waals surface area contributed by atoms with Crippen LogP contribution in [0, 0.1) is 5.82 Å². The number of fused-ring (bicyclic) bond motifs is 1. The van der Waals surface area contributed by atoms with E-state index in [-0.39, 0.29) is 17.1 Å². The number of anilines is 2. The van der Waals surface area contributed by atoms with Gasteiger partial charge in [0.2, 0.25) is 11.3 Å². The third-order valence-electron chi connectivity index (χ3n) is 6.86. The number of aromatic carboxylic acids is 1. The number of benzene rings is 2. The van der Waals surface area contributed by atoms with Crippen molar-refractivity contribution in [2.75, 3.05) is 36.4 Å². The second-order valence-corrected chi connectivity index (χ2v) is 9.11. The summed E-state index contributed by atoms with van der Waals surface area (Å²) in [6.07, 6.45) is 1.29. The molecule has 10 heteroatoms. The highest BCUT2D eigenvalue weighted by Gasteiger charge is 2.27. The van der Waals surface area contributed by atoms with Crippen LogP contribution in [-0.2, 0) is 11.3 Å². The van der Waals surface area contributed by atoms with Crippen LogP contribution in [0.4, 0.5) is 15.8 Å². The van der Waals surface area contributed by atoms with Gasteiger partial charge in [-0.25, -0.2) is 9.18 Å². The number of carbonyl (C=O) groups excluding carboxylic acids is 2. The summed E-state index contributed by atoms with van der Waals surface area (Å²) in [6.45, 7) is 7.51. The maximum atomic E-state index is 15.1. The van der Waals surface area contributed by atoms with E-state index >= 15 is 4.39 Å². The van der Waals surface area contributed by atoms with E-state index in [2.05, 4.69) is 5.32 Å². The number of pyridine rings is 1. The third kappa shape index (κ3) is 5.24. The van der Waals surface area contributed by atoms with Crippen molar-refractivity contribution in [1.29, 1.82) is 0 Å². The molecule has 194 valence electrons. The van der Waals surface area contributed by atoms with Gasteiger partial charge >= 0.3 is 5.97 Å². The quantitative estimate of drug-likeness (QED) is 0.472. The Labute approximate surface area is 213 Å². The minimum Gasteiger partial charge on any atom is -0.477 e. The molecular weight excluding hydrogens is 479 g/mol. The highest BCUT2D eigenvalue weighted by atomic mass is 19.1. The van der Waals surface area contributed by atoms with Crippen LogP contribution in [0.15, 0.2) is 47.4 Å². The Bertz CT molecular complexity index is 1430. The molecule has 0 aliphatic carbocycles. The Morgan fingerprint density at radius 1 is 1.08 bits per heavy atom. The maximum absolute atomic E-state index is 15.1. The fourth-order valence-corrected chi connectivity index (χ4v) is 4.61. The summed E-state index contributed by atoms with van der Waals surface area (Å²) >= 11 is 0. The first-order valence-corrected chi connectivity index (χ1v) is 12.1. The second kappa shape index (κ2) is 10.5. The first-order valence-electron chi connectivity index (χ1n) is 12.1. The Morgan fingerprint density at radius 3 is 2.30 bits per heavy atom. The zero-order chi connectivity index (χ0) is 26.9. The number of rotatable bonds is 7. The summed E-state index contributed by atoms with van der Waals surface area (Å²) in [5.41, 5.74) is 0.878. The second-order valence-electron chi connectivity index (χ2n) is 9.11. The molecule has 1 aliphatic rings. The highest BCUT2D eigenvalue weighted by molar-refractivity contribution is 5.97. The van der Waals surface area contributed by atoms with Crippen molar-refractivity contribution >= 4 is 39.9 Å². The number of nitrogens with zero attached hydrogens (tertiary/aromatic N) is 3. The summed E-state index contributed by atoms with van der Waals surface area (Å²) < 4.78 is 16.8. The van der Waals surface area contributed by atoms with Crippen LogP contribution in [0.25, 0.3) is 10.9 Å². The van der Waals surface area contributed by atoms with Gasteiger partial charge in [-0.3, -0.25) is 19.3 Å². The number of carboxylic acid groups (broad SMARTS) is 1. The molecule has 1 saturated heterocycles. The van der Waals surface area contributed by atoms with Crippen molar-refractivity contribution in [2.45, 2.75) is 33.4 Å². The number of halogens is 1. The van der Waals surface area contributed by atoms with Crippen molar-refractivity contribution in [3.05, 3.63) is 69.8 Å². The van der Waals surface area contributed by atoms with Gasteiger partial charge in [0.1, 0.15) is 11.4 Å². The van der Waals surface area contributed by atoms with Crippen molar-refractivity contribution in [3.8, 4) is 0 Å². The number of carboxylic acids is 1. The summed E-state index contributed by atoms with van der Waals surface area (Å²) in [5.74, 6) is -2.17. The average Bonchev–Trinajstić information content (AvgIpc) is 2.88. The van der Waals surface area contributed by atoms with E-state index < -0.39 is 28.8 Å². The van der Waals surface area contributed by atoms with Crippen molar-refractivity contribution in [3.63, 3.8) is 0 Å². The number of nitrogens with one attached hydrogen (secondary N) is 1. The summed E-state index contributed by atoms with van der Waals surface area (Å²) in [7, 11) is 0. The zero-order valence-corrected chi connectivity index (χ0v) is 21.0. The van der Waals surface area contributed by atoms with E-state index in [1.807, 2.05) is 23.6 Å². The van der Waals surface area contributed by atoms with Crippen LogP contribution in [0.3, 0.4) is 0 Å². The molecule has 2 heterocycles. The molecule has 0 radical (unpaired) electrons. The van der Waals surface area contributed by atoms with Gasteiger partial charge in [0, 0.05) is 55.6 Å². The number of Topliss-reactive ketones (excluding diaryl/α,β-unsaturated/α-hetero) is 1. The molecule has 4 rings (SSSR count). The van der Waals surface area contributed by atoms with Gasteiger partial charge in [0.25, 0.3) is 0 Å². The van der Waals surface area contributed by atoms with Crippen LogP contribution in [0.1, 0.15) is 41.5 Å². The molecule has 0 bridgehead atoms. The fraction of sp³-hybridized carbons (Fsp3) is 0.333. The van der Waals surface area contributed by atoms with Gasteiger partial charge in [-0.1, -0.05) is 0 Å². The number of aromatic nitrogens is 1. The van der Waals surface area contributed by atoms with Crippen LogP contribution in [-0.4, -0.2) is 64.5 Å². The summed E-state index contributed by atoms with van der Waals surface area (Å²) in [5, 5.41) is 12.2. The number of carbonyl (C=O) groups is 3. The number of amides is 1. The Kier molecular flexibility index (Phi) is 7.40. The lowest BCUT2D eigenvalue weighted by atomic mass is 10.1. The fourth-order valence-electron chi connectivity index (χ4n) is 4.61. The monoisotopic (exact) mass is 508 g/mol. The van der Waals surface area contributed by atoms with Crippen molar-refractivity contribution < 1.29 is 23.9 Å². The minimum absolute atomic E-state index is 0.0308. The van der Waals surface area contributed by atoms with E-state index in [9.17, 15) is 24.3 Å². The highest BCUT2D eigenvalue weighted by Crippen LogP contribution is 2.27. The molecule has 2 N–H and O–H groups in total. The number of hydrogen-bond acceptors (Lipinski definition) is 6. The Balaban J connectivity index is 1.47. The molecule has 3 aromatic rings. The van der Waals surface area contributed by atoms with Crippen LogP contribution in [0.5, 0.6) is 0 Å². The molecule has 0 spiro atoms. The SMILES string of the molecule is CCn1cc(C(=O)O)c(=O)c2cc(F)c(N3CCN(C(C)C(=O)Nc4ccc(C(C)=O)cc4)CC3)cc21. The Hall–Kier alpha value is -4.05. The Morgan fingerprint density at radius 2 is 1.73 bits per heavy atom. The normalized spacial score (nSPS) is 15.0. The van der Waals surface area contributed by atoms with Crippen LogP contribution in [0.2, 0.25) is 0 Å². The predicted octanol–water partition coefficient (Wildman–Crippen LogP) is 3.21. The third-order valence-corrected chi connectivity index (χ3v) is 6.86. The first kappa shape index (κ1) is 26.0. The van der Waals surface area contributed by atoms with Gasteiger partial charge in [0.05, 0.1) is 17.2 Å². The lowest BCUT2D eigenvalue weighted by Crippen LogP contribution is -2.53. The van der Waals surface area contributed by atoms with E-state index in [0.29, 0.717) is 55.2 Å². The molecule has 2 aromatic carbocycles. The molecule has 9 nitrogen and oxygen atoms in total. The average molecular weight is 509 g/mol. The number of ketones is 1. The van der Waals surface area contributed by atoms with Crippen LogP contribution < -0.4 is 15.6 Å². The molecule has 1 unspecified atom stereocenters. The molecule has 1 fully saturated rings. The number of aryl methyl sites for hydroxylation is 1. The maximum Gasteiger partial charge on any atom is 0.341 e. The molecule has 0 saturated carbocycles. The number of hydrogen-bond donors (Lipinski definition) is 2. The topological polar surface area (TPSA) is 112 Å².